The van der Waals surface area contributed by atoms with Crippen molar-refractivity contribution in [3.63, 3.8) is 0 Å². The Hall–Kier alpha value is -1.94. The number of nitrogens with zero attached hydrogens (tertiary/aromatic N) is 2. The van der Waals surface area contributed by atoms with Gasteiger partial charge in [-0.3, -0.25) is 9.78 Å². The number of aromatic nitrogens is 1. The Morgan fingerprint density at radius 3 is 2.71 bits per heavy atom. The van der Waals surface area contributed by atoms with Gasteiger partial charge in [0, 0.05) is 36.3 Å². The van der Waals surface area contributed by atoms with E-state index in [1.54, 1.807) is 6.20 Å². The standard InChI is InChI=1S/C17H21N3O/c1-20(13-9-7-12(18)8-10-13)17(21)15-4-2-6-16-14(15)5-3-11-19-16/h2-6,11-13H,7-10,18H2,1H3. The van der Waals surface area contributed by atoms with Crippen molar-refractivity contribution >= 4 is 16.8 Å². The van der Waals surface area contributed by atoms with Crippen molar-refractivity contribution in [3.05, 3.63) is 42.1 Å². The fourth-order valence-electron chi connectivity index (χ4n) is 3.13. The van der Waals surface area contributed by atoms with Gasteiger partial charge < -0.3 is 10.6 Å². The van der Waals surface area contributed by atoms with E-state index in [4.69, 9.17) is 5.73 Å². The third-order valence-electron chi connectivity index (χ3n) is 4.49. The van der Waals surface area contributed by atoms with Crippen molar-refractivity contribution in [1.82, 2.24) is 9.88 Å². The van der Waals surface area contributed by atoms with Crippen LogP contribution >= 0.6 is 0 Å². The molecule has 3 rings (SSSR count). The van der Waals surface area contributed by atoms with Gasteiger partial charge in [0.2, 0.25) is 0 Å². The Kier molecular flexibility index (Phi) is 3.88. The summed E-state index contributed by atoms with van der Waals surface area (Å²) >= 11 is 0. The zero-order valence-corrected chi connectivity index (χ0v) is 12.3. The van der Waals surface area contributed by atoms with Crippen molar-refractivity contribution in [2.45, 2.75) is 37.8 Å². The van der Waals surface area contributed by atoms with E-state index in [9.17, 15) is 4.79 Å². The largest absolute Gasteiger partial charge is 0.339 e. The van der Waals surface area contributed by atoms with Crippen LogP contribution in [-0.2, 0) is 0 Å². The minimum absolute atomic E-state index is 0.0778. The van der Waals surface area contributed by atoms with Crippen LogP contribution in [0.4, 0.5) is 0 Å². The SMILES string of the molecule is CN(C(=O)c1cccc2ncccc12)C1CCC(N)CC1. The zero-order chi connectivity index (χ0) is 14.8. The van der Waals surface area contributed by atoms with E-state index >= 15 is 0 Å². The van der Waals surface area contributed by atoms with E-state index in [1.165, 1.54) is 0 Å². The maximum absolute atomic E-state index is 12.8. The molecule has 0 bridgehead atoms. The topological polar surface area (TPSA) is 59.2 Å². The lowest BCUT2D eigenvalue weighted by molar-refractivity contribution is 0.0692. The zero-order valence-electron chi connectivity index (χ0n) is 12.3. The Labute approximate surface area is 125 Å². The first-order chi connectivity index (χ1) is 10.2. The number of nitrogens with two attached hydrogens (primary N) is 1. The van der Waals surface area contributed by atoms with Gasteiger partial charge >= 0.3 is 0 Å². The first kappa shape index (κ1) is 14.0. The fraction of sp³-hybridized carbons (Fsp3) is 0.412. The number of benzene rings is 1. The van der Waals surface area contributed by atoms with Gasteiger partial charge in [-0.1, -0.05) is 12.1 Å². The van der Waals surface area contributed by atoms with Crippen LogP contribution in [0.2, 0.25) is 0 Å². The number of hydrogen-bond acceptors (Lipinski definition) is 3. The highest BCUT2D eigenvalue weighted by Crippen LogP contribution is 2.24. The number of rotatable bonds is 2. The molecule has 21 heavy (non-hydrogen) atoms. The van der Waals surface area contributed by atoms with Gasteiger partial charge in [0.05, 0.1) is 5.52 Å². The van der Waals surface area contributed by atoms with Crippen LogP contribution in [0.15, 0.2) is 36.5 Å². The number of hydrogen-bond donors (Lipinski definition) is 1. The number of amides is 1. The summed E-state index contributed by atoms with van der Waals surface area (Å²) in [5.41, 5.74) is 7.54. The van der Waals surface area contributed by atoms with Crippen LogP contribution in [0, 0.1) is 0 Å². The van der Waals surface area contributed by atoms with Crippen LogP contribution < -0.4 is 5.73 Å². The molecule has 1 aromatic heterocycles. The van der Waals surface area contributed by atoms with E-state index < -0.39 is 0 Å². The molecule has 4 nitrogen and oxygen atoms in total. The molecule has 0 spiro atoms. The lowest BCUT2D eigenvalue weighted by Gasteiger charge is -2.33. The highest BCUT2D eigenvalue weighted by Gasteiger charge is 2.26. The van der Waals surface area contributed by atoms with Gasteiger partial charge in [-0.05, 0) is 43.9 Å². The molecule has 1 fully saturated rings. The maximum atomic E-state index is 12.8. The van der Waals surface area contributed by atoms with Crippen LogP contribution in [0.1, 0.15) is 36.0 Å². The number of pyridine rings is 1. The van der Waals surface area contributed by atoms with Crippen LogP contribution in [0.5, 0.6) is 0 Å². The fourth-order valence-corrected chi connectivity index (χ4v) is 3.13. The third kappa shape index (κ3) is 2.76. The minimum atomic E-state index is 0.0778. The monoisotopic (exact) mass is 283 g/mol. The highest BCUT2D eigenvalue weighted by atomic mass is 16.2. The molecule has 1 amide bonds. The molecule has 0 unspecified atom stereocenters. The van der Waals surface area contributed by atoms with Crippen molar-refractivity contribution in [2.75, 3.05) is 7.05 Å². The summed E-state index contributed by atoms with van der Waals surface area (Å²) in [5.74, 6) is 0.0778. The molecule has 110 valence electrons. The molecular formula is C17H21N3O. The summed E-state index contributed by atoms with van der Waals surface area (Å²) in [5, 5.41) is 0.921. The van der Waals surface area contributed by atoms with Crippen molar-refractivity contribution in [1.29, 1.82) is 0 Å². The third-order valence-corrected chi connectivity index (χ3v) is 4.49. The minimum Gasteiger partial charge on any atom is -0.339 e. The average molecular weight is 283 g/mol. The predicted octanol–water partition coefficient (Wildman–Crippen LogP) is 2.58. The molecule has 2 N–H and O–H groups in total. The molecule has 1 aliphatic rings. The average Bonchev–Trinajstić information content (AvgIpc) is 2.53. The van der Waals surface area contributed by atoms with E-state index in [-0.39, 0.29) is 5.91 Å². The number of carbonyl (C=O) groups is 1. The summed E-state index contributed by atoms with van der Waals surface area (Å²) < 4.78 is 0. The molecule has 1 aliphatic carbocycles. The first-order valence-electron chi connectivity index (χ1n) is 7.53. The number of carbonyl (C=O) groups excluding carboxylic acids is 1. The molecule has 0 saturated heterocycles. The second-order valence-corrected chi connectivity index (χ2v) is 5.86. The van der Waals surface area contributed by atoms with E-state index in [0.29, 0.717) is 12.1 Å². The van der Waals surface area contributed by atoms with Gasteiger partial charge in [-0.2, -0.15) is 0 Å². The first-order valence-corrected chi connectivity index (χ1v) is 7.53. The van der Waals surface area contributed by atoms with Gasteiger partial charge in [-0.15, -0.1) is 0 Å². The molecular weight excluding hydrogens is 262 g/mol. The van der Waals surface area contributed by atoms with E-state index in [2.05, 4.69) is 4.98 Å². The van der Waals surface area contributed by atoms with E-state index in [0.717, 1.165) is 42.1 Å². The molecule has 0 atom stereocenters. The summed E-state index contributed by atoms with van der Waals surface area (Å²) in [7, 11) is 1.90. The van der Waals surface area contributed by atoms with E-state index in [1.807, 2.05) is 42.3 Å². The van der Waals surface area contributed by atoms with Crippen LogP contribution in [-0.4, -0.2) is 34.9 Å². The molecule has 1 heterocycles. The molecule has 1 aromatic carbocycles. The lowest BCUT2D eigenvalue weighted by Crippen LogP contribution is -2.41. The summed E-state index contributed by atoms with van der Waals surface area (Å²) in [6.45, 7) is 0. The Bertz CT molecular complexity index is 642. The van der Waals surface area contributed by atoms with Crippen molar-refractivity contribution in [3.8, 4) is 0 Å². The van der Waals surface area contributed by atoms with Crippen molar-refractivity contribution in [2.24, 2.45) is 5.73 Å². The van der Waals surface area contributed by atoms with Gasteiger partial charge in [0.15, 0.2) is 0 Å². The summed E-state index contributed by atoms with van der Waals surface area (Å²) in [4.78, 5) is 19.0. The normalized spacial score (nSPS) is 22.2. The quantitative estimate of drug-likeness (QED) is 0.921. The predicted molar refractivity (Wildman–Crippen MR) is 84.1 cm³/mol. The Morgan fingerprint density at radius 1 is 1.19 bits per heavy atom. The van der Waals surface area contributed by atoms with Gasteiger partial charge in [0.1, 0.15) is 0 Å². The Morgan fingerprint density at radius 2 is 1.95 bits per heavy atom. The maximum Gasteiger partial charge on any atom is 0.254 e. The summed E-state index contributed by atoms with van der Waals surface area (Å²) in [6.07, 6.45) is 5.74. The second-order valence-electron chi connectivity index (χ2n) is 5.86. The lowest BCUT2D eigenvalue weighted by atomic mass is 9.90. The van der Waals surface area contributed by atoms with Crippen LogP contribution in [0.25, 0.3) is 10.9 Å². The van der Waals surface area contributed by atoms with Crippen LogP contribution in [0.3, 0.4) is 0 Å². The highest BCUT2D eigenvalue weighted by molar-refractivity contribution is 6.06. The van der Waals surface area contributed by atoms with Gasteiger partial charge in [-0.25, -0.2) is 0 Å². The van der Waals surface area contributed by atoms with Crippen molar-refractivity contribution < 1.29 is 4.79 Å². The smallest absolute Gasteiger partial charge is 0.254 e. The molecule has 0 aliphatic heterocycles. The molecule has 4 heteroatoms. The second kappa shape index (κ2) is 5.82. The molecule has 2 aromatic rings. The summed E-state index contributed by atoms with van der Waals surface area (Å²) in [6, 6.07) is 10.1. The Balaban J connectivity index is 1.86. The molecule has 1 saturated carbocycles. The molecule has 0 radical (unpaired) electrons. The number of fused-ring (bicyclic) bond motifs is 1. The van der Waals surface area contributed by atoms with Gasteiger partial charge in [0.25, 0.3) is 5.91 Å².